The third kappa shape index (κ3) is 2.11. The fourth-order valence-electron chi connectivity index (χ4n) is 4.48. The molecule has 2 aliphatic carbocycles. The highest BCUT2D eigenvalue weighted by atomic mass is 16.4. The molecule has 114 valence electrons. The molecule has 0 radical (unpaired) electrons. The van der Waals surface area contributed by atoms with Crippen molar-refractivity contribution in [2.24, 2.45) is 17.3 Å². The summed E-state index contributed by atoms with van der Waals surface area (Å²) in [4.78, 5) is 14.0. The molecular weight excluding hydrogens is 266 g/mol. The van der Waals surface area contributed by atoms with Gasteiger partial charge in [0.2, 0.25) is 0 Å². The highest BCUT2D eigenvalue weighted by molar-refractivity contribution is 5.76. The lowest BCUT2D eigenvalue weighted by Gasteiger charge is -2.23. The first-order valence-electron chi connectivity index (χ1n) is 8.13. The van der Waals surface area contributed by atoms with Crippen LogP contribution in [0.1, 0.15) is 50.0 Å². The molecule has 0 spiro atoms. The van der Waals surface area contributed by atoms with Crippen LogP contribution in [0.4, 0.5) is 0 Å². The van der Waals surface area contributed by atoms with Crippen LogP contribution in [0.15, 0.2) is 16.5 Å². The second-order valence-electron chi connectivity index (χ2n) is 7.34. The van der Waals surface area contributed by atoms with Crippen molar-refractivity contribution in [3.05, 3.63) is 23.7 Å². The van der Waals surface area contributed by atoms with Crippen molar-refractivity contribution in [1.82, 2.24) is 4.90 Å². The maximum absolute atomic E-state index is 11.7. The number of carboxylic acids is 1. The largest absolute Gasteiger partial charge is 0.481 e. The predicted octanol–water partition coefficient (Wildman–Crippen LogP) is 3.09. The molecule has 2 saturated carbocycles. The molecule has 0 amide bonds. The zero-order valence-corrected chi connectivity index (χ0v) is 12.5. The van der Waals surface area contributed by atoms with Gasteiger partial charge in [-0.2, -0.15) is 0 Å². The topological polar surface area (TPSA) is 53.7 Å². The number of aliphatic carboxylic acids is 1. The molecule has 1 aliphatic heterocycles. The molecule has 3 aliphatic rings. The van der Waals surface area contributed by atoms with Crippen LogP contribution in [-0.2, 0) is 11.3 Å². The summed E-state index contributed by atoms with van der Waals surface area (Å²) >= 11 is 0. The van der Waals surface area contributed by atoms with Crippen LogP contribution < -0.4 is 0 Å². The van der Waals surface area contributed by atoms with Gasteiger partial charge >= 0.3 is 5.97 Å². The van der Waals surface area contributed by atoms with E-state index in [1.54, 1.807) is 0 Å². The van der Waals surface area contributed by atoms with E-state index in [2.05, 4.69) is 24.0 Å². The van der Waals surface area contributed by atoms with Crippen molar-refractivity contribution in [2.45, 2.75) is 45.1 Å². The fraction of sp³-hybridized carbons (Fsp3) is 0.706. The van der Waals surface area contributed by atoms with Gasteiger partial charge in [-0.3, -0.25) is 9.69 Å². The van der Waals surface area contributed by atoms with E-state index in [-0.39, 0.29) is 0 Å². The van der Waals surface area contributed by atoms with Crippen molar-refractivity contribution in [2.75, 3.05) is 13.1 Å². The van der Waals surface area contributed by atoms with Gasteiger partial charge in [-0.15, -0.1) is 0 Å². The highest BCUT2D eigenvalue weighted by Crippen LogP contribution is 2.50. The summed E-state index contributed by atoms with van der Waals surface area (Å²) in [5, 5.41) is 9.62. The van der Waals surface area contributed by atoms with Gasteiger partial charge in [0.25, 0.3) is 0 Å². The molecule has 4 nitrogen and oxygen atoms in total. The summed E-state index contributed by atoms with van der Waals surface area (Å²) in [6.07, 6.45) is 4.20. The first-order valence-corrected chi connectivity index (χ1v) is 8.13. The number of carboxylic acid groups (broad SMARTS) is 1. The SMILES string of the molecule is CC1CC1c1ccc(CN2C[C@@H]3CCC[C@@]3(C(=O)O)C2)o1. The van der Waals surface area contributed by atoms with E-state index in [9.17, 15) is 9.90 Å². The smallest absolute Gasteiger partial charge is 0.311 e. The number of likely N-dealkylation sites (tertiary alicyclic amines) is 1. The Morgan fingerprint density at radius 1 is 1.52 bits per heavy atom. The summed E-state index contributed by atoms with van der Waals surface area (Å²) in [6.45, 7) is 4.60. The number of furan rings is 1. The standard InChI is InChI=1S/C17H23NO3/c1-11-7-14(11)15-5-4-13(21-15)9-18-8-12-3-2-6-17(12,10-18)16(19)20/h4-5,11-12,14H,2-3,6-10H2,1H3,(H,19,20)/t11?,12-,14?,17+/m0/s1. The number of hydrogen-bond acceptors (Lipinski definition) is 3. The van der Waals surface area contributed by atoms with E-state index in [4.69, 9.17) is 4.42 Å². The molecule has 2 unspecified atom stereocenters. The van der Waals surface area contributed by atoms with Gasteiger partial charge in [0.15, 0.2) is 0 Å². The molecule has 4 atom stereocenters. The number of rotatable bonds is 4. The second kappa shape index (κ2) is 4.60. The van der Waals surface area contributed by atoms with Crippen LogP contribution >= 0.6 is 0 Å². The summed E-state index contributed by atoms with van der Waals surface area (Å²) in [7, 11) is 0. The van der Waals surface area contributed by atoms with E-state index < -0.39 is 11.4 Å². The van der Waals surface area contributed by atoms with Crippen LogP contribution in [0.2, 0.25) is 0 Å². The quantitative estimate of drug-likeness (QED) is 0.925. The molecule has 1 N–H and O–H groups in total. The van der Waals surface area contributed by atoms with E-state index in [1.807, 2.05) is 0 Å². The molecule has 4 rings (SSSR count). The van der Waals surface area contributed by atoms with Gasteiger partial charge in [0.05, 0.1) is 12.0 Å². The molecule has 2 heterocycles. The van der Waals surface area contributed by atoms with Gasteiger partial charge in [-0.1, -0.05) is 13.3 Å². The summed E-state index contributed by atoms with van der Waals surface area (Å²) in [5.74, 6) is 3.20. The molecule has 0 aromatic carbocycles. The Bertz CT molecular complexity index is 566. The summed E-state index contributed by atoms with van der Waals surface area (Å²) < 4.78 is 5.97. The van der Waals surface area contributed by atoms with Gasteiger partial charge in [-0.05, 0) is 43.2 Å². The minimum absolute atomic E-state index is 0.327. The Morgan fingerprint density at radius 3 is 3.00 bits per heavy atom. The van der Waals surface area contributed by atoms with Crippen LogP contribution in [0, 0.1) is 17.3 Å². The average molecular weight is 289 g/mol. The van der Waals surface area contributed by atoms with E-state index in [0.29, 0.717) is 18.4 Å². The van der Waals surface area contributed by atoms with Crippen molar-refractivity contribution < 1.29 is 14.3 Å². The number of carbonyl (C=O) groups is 1. The highest BCUT2D eigenvalue weighted by Gasteiger charge is 2.54. The van der Waals surface area contributed by atoms with Crippen LogP contribution in [0.5, 0.6) is 0 Å². The molecule has 1 aromatic heterocycles. The third-order valence-electron chi connectivity index (χ3n) is 5.90. The monoisotopic (exact) mass is 289 g/mol. The minimum atomic E-state index is -0.598. The zero-order valence-electron chi connectivity index (χ0n) is 12.5. The minimum Gasteiger partial charge on any atom is -0.481 e. The van der Waals surface area contributed by atoms with Crippen LogP contribution in [0.25, 0.3) is 0 Å². The van der Waals surface area contributed by atoms with Crippen molar-refractivity contribution in [3.63, 3.8) is 0 Å². The first kappa shape index (κ1) is 13.4. The average Bonchev–Trinajstić information content (AvgIpc) is 2.84. The van der Waals surface area contributed by atoms with E-state index in [0.717, 1.165) is 49.8 Å². The Hall–Kier alpha value is -1.29. The van der Waals surface area contributed by atoms with Crippen LogP contribution in [0.3, 0.4) is 0 Å². The lowest BCUT2D eigenvalue weighted by Crippen LogP contribution is -2.35. The molecule has 0 bridgehead atoms. The number of nitrogens with zero attached hydrogens (tertiary/aromatic N) is 1. The first-order chi connectivity index (χ1) is 10.1. The zero-order chi connectivity index (χ0) is 14.6. The van der Waals surface area contributed by atoms with Crippen LogP contribution in [-0.4, -0.2) is 29.1 Å². The maximum Gasteiger partial charge on any atom is 0.311 e. The predicted molar refractivity (Wildman–Crippen MR) is 77.9 cm³/mol. The van der Waals surface area contributed by atoms with Gasteiger partial charge in [0.1, 0.15) is 11.5 Å². The molecule has 4 heteroatoms. The van der Waals surface area contributed by atoms with E-state index in [1.165, 1.54) is 6.42 Å². The Balaban J connectivity index is 1.44. The molecule has 21 heavy (non-hydrogen) atoms. The Labute approximate surface area is 125 Å². The molecule has 1 aromatic rings. The van der Waals surface area contributed by atoms with Gasteiger partial charge < -0.3 is 9.52 Å². The summed E-state index contributed by atoms with van der Waals surface area (Å²) in [6, 6.07) is 4.18. The Kier molecular flexibility index (Phi) is 2.93. The van der Waals surface area contributed by atoms with Gasteiger partial charge in [0, 0.05) is 19.0 Å². The van der Waals surface area contributed by atoms with Crippen molar-refractivity contribution in [3.8, 4) is 0 Å². The third-order valence-corrected chi connectivity index (χ3v) is 5.90. The van der Waals surface area contributed by atoms with Crippen molar-refractivity contribution >= 4 is 5.97 Å². The number of fused-ring (bicyclic) bond motifs is 1. The van der Waals surface area contributed by atoms with Crippen molar-refractivity contribution in [1.29, 1.82) is 0 Å². The summed E-state index contributed by atoms with van der Waals surface area (Å²) in [5.41, 5.74) is -0.486. The number of hydrogen-bond donors (Lipinski definition) is 1. The molecular formula is C17H23NO3. The van der Waals surface area contributed by atoms with E-state index >= 15 is 0 Å². The lowest BCUT2D eigenvalue weighted by molar-refractivity contribution is -0.149. The molecule has 3 fully saturated rings. The van der Waals surface area contributed by atoms with Gasteiger partial charge in [-0.25, -0.2) is 0 Å². The Morgan fingerprint density at radius 2 is 2.33 bits per heavy atom. The second-order valence-corrected chi connectivity index (χ2v) is 7.34. The molecule has 1 saturated heterocycles. The fourth-order valence-corrected chi connectivity index (χ4v) is 4.48. The normalized spacial score (nSPS) is 38.6. The maximum atomic E-state index is 11.7. The lowest BCUT2D eigenvalue weighted by atomic mass is 9.81.